The molecule has 2 nitrogen and oxygen atoms in total. The molecule has 0 aliphatic carbocycles. The standard InChI is InChI=1S/C16H18N2/c1-17-16(18-2)15(13-9-5-3-6-10-13)14-11-7-4-8-12-14/h3-12,17-18H,1-2H3. The molecular formula is C16H18N2. The van der Waals surface area contributed by atoms with Crippen molar-refractivity contribution in [2.45, 2.75) is 0 Å². The van der Waals surface area contributed by atoms with Crippen LogP contribution in [0, 0.1) is 0 Å². The van der Waals surface area contributed by atoms with Crippen molar-refractivity contribution in [3.05, 3.63) is 77.6 Å². The third kappa shape index (κ3) is 2.54. The Balaban J connectivity index is 2.59. The van der Waals surface area contributed by atoms with E-state index in [0.29, 0.717) is 0 Å². The van der Waals surface area contributed by atoms with Gasteiger partial charge in [-0.2, -0.15) is 0 Å². The summed E-state index contributed by atoms with van der Waals surface area (Å²) in [4.78, 5) is 0. The summed E-state index contributed by atoms with van der Waals surface area (Å²) in [5.41, 5.74) is 3.58. The molecule has 0 aromatic heterocycles. The van der Waals surface area contributed by atoms with E-state index in [1.807, 2.05) is 26.2 Å². The zero-order chi connectivity index (χ0) is 12.8. The summed E-state index contributed by atoms with van der Waals surface area (Å²) in [6, 6.07) is 20.8. The SMILES string of the molecule is CNC(NC)=C(c1ccccc1)c1ccccc1. The molecule has 0 atom stereocenters. The minimum atomic E-state index is 1.02. The Hall–Kier alpha value is -2.22. The van der Waals surface area contributed by atoms with Crippen LogP contribution in [-0.2, 0) is 0 Å². The van der Waals surface area contributed by atoms with E-state index in [0.717, 1.165) is 5.82 Å². The molecule has 0 aliphatic rings. The van der Waals surface area contributed by atoms with Gasteiger partial charge in [-0.15, -0.1) is 0 Å². The molecule has 18 heavy (non-hydrogen) atoms. The molecule has 2 aromatic rings. The summed E-state index contributed by atoms with van der Waals surface area (Å²) in [5.74, 6) is 1.02. The molecule has 0 aliphatic heterocycles. The molecule has 0 radical (unpaired) electrons. The average Bonchev–Trinajstić information content (AvgIpc) is 2.46. The monoisotopic (exact) mass is 238 g/mol. The van der Waals surface area contributed by atoms with Crippen LogP contribution in [0.2, 0.25) is 0 Å². The van der Waals surface area contributed by atoms with Crippen LogP contribution in [0.3, 0.4) is 0 Å². The summed E-state index contributed by atoms with van der Waals surface area (Å²) < 4.78 is 0. The Labute approximate surface area is 108 Å². The quantitative estimate of drug-likeness (QED) is 0.856. The van der Waals surface area contributed by atoms with Gasteiger partial charge in [-0.3, -0.25) is 0 Å². The van der Waals surface area contributed by atoms with Crippen LogP contribution in [0.4, 0.5) is 0 Å². The first-order chi connectivity index (χ1) is 8.86. The van der Waals surface area contributed by atoms with E-state index >= 15 is 0 Å². The Bertz CT molecular complexity index is 468. The predicted octanol–water partition coefficient (Wildman–Crippen LogP) is 2.84. The smallest absolute Gasteiger partial charge is 0.107 e. The predicted molar refractivity (Wildman–Crippen MR) is 77.0 cm³/mol. The van der Waals surface area contributed by atoms with E-state index in [4.69, 9.17) is 0 Å². The first-order valence-corrected chi connectivity index (χ1v) is 6.07. The number of nitrogens with one attached hydrogen (secondary N) is 2. The number of benzene rings is 2. The Morgan fingerprint density at radius 1 is 0.667 bits per heavy atom. The number of hydrogen-bond acceptors (Lipinski definition) is 2. The van der Waals surface area contributed by atoms with E-state index in [9.17, 15) is 0 Å². The van der Waals surface area contributed by atoms with Crippen LogP contribution in [0.25, 0.3) is 5.57 Å². The second-order valence-electron chi connectivity index (χ2n) is 3.98. The fourth-order valence-electron chi connectivity index (χ4n) is 2.04. The van der Waals surface area contributed by atoms with Crippen molar-refractivity contribution < 1.29 is 0 Å². The van der Waals surface area contributed by atoms with E-state index in [1.54, 1.807) is 0 Å². The van der Waals surface area contributed by atoms with Crippen molar-refractivity contribution in [3.8, 4) is 0 Å². The lowest BCUT2D eigenvalue weighted by Crippen LogP contribution is -2.21. The molecule has 0 bridgehead atoms. The van der Waals surface area contributed by atoms with E-state index in [2.05, 4.69) is 59.2 Å². The summed E-state index contributed by atoms with van der Waals surface area (Å²) in [6.07, 6.45) is 0. The molecule has 2 rings (SSSR count). The largest absolute Gasteiger partial charge is 0.374 e. The van der Waals surface area contributed by atoms with Gasteiger partial charge in [0.05, 0.1) is 0 Å². The molecule has 0 fully saturated rings. The molecule has 2 N–H and O–H groups in total. The van der Waals surface area contributed by atoms with Crippen LogP contribution in [0.1, 0.15) is 11.1 Å². The lowest BCUT2D eigenvalue weighted by Gasteiger charge is -2.15. The van der Waals surface area contributed by atoms with Gasteiger partial charge in [0.2, 0.25) is 0 Å². The summed E-state index contributed by atoms with van der Waals surface area (Å²) in [7, 11) is 3.86. The maximum absolute atomic E-state index is 3.22. The van der Waals surface area contributed by atoms with Crippen molar-refractivity contribution in [2.24, 2.45) is 0 Å². The van der Waals surface area contributed by atoms with Gasteiger partial charge in [0.25, 0.3) is 0 Å². The zero-order valence-corrected chi connectivity index (χ0v) is 10.8. The van der Waals surface area contributed by atoms with Crippen LogP contribution in [0.5, 0.6) is 0 Å². The lowest BCUT2D eigenvalue weighted by atomic mass is 9.98. The molecule has 0 spiro atoms. The van der Waals surface area contributed by atoms with E-state index < -0.39 is 0 Å². The highest BCUT2D eigenvalue weighted by Gasteiger charge is 2.09. The van der Waals surface area contributed by atoms with E-state index in [-0.39, 0.29) is 0 Å². The molecule has 0 amide bonds. The van der Waals surface area contributed by atoms with Gasteiger partial charge < -0.3 is 10.6 Å². The van der Waals surface area contributed by atoms with Crippen molar-refractivity contribution in [1.82, 2.24) is 10.6 Å². The van der Waals surface area contributed by atoms with Gasteiger partial charge in [0.15, 0.2) is 0 Å². The van der Waals surface area contributed by atoms with Gasteiger partial charge in [0, 0.05) is 19.7 Å². The normalized spacial score (nSPS) is 9.67. The number of rotatable bonds is 4. The molecule has 0 unspecified atom stereocenters. The fraction of sp³-hybridized carbons (Fsp3) is 0.125. The molecule has 92 valence electrons. The third-order valence-electron chi connectivity index (χ3n) is 2.87. The third-order valence-corrected chi connectivity index (χ3v) is 2.87. The maximum atomic E-state index is 3.22. The van der Waals surface area contributed by atoms with Gasteiger partial charge in [-0.1, -0.05) is 60.7 Å². The summed E-state index contributed by atoms with van der Waals surface area (Å²) >= 11 is 0. The van der Waals surface area contributed by atoms with Crippen molar-refractivity contribution in [1.29, 1.82) is 0 Å². The highest BCUT2D eigenvalue weighted by atomic mass is 15.0. The highest BCUT2D eigenvalue weighted by Crippen LogP contribution is 2.24. The van der Waals surface area contributed by atoms with Crippen LogP contribution in [-0.4, -0.2) is 14.1 Å². The minimum Gasteiger partial charge on any atom is -0.374 e. The highest BCUT2D eigenvalue weighted by molar-refractivity contribution is 5.81. The van der Waals surface area contributed by atoms with Gasteiger partial charge in [-0.25, -0.2) is 0 Å². The number of hydrogen-bond donors (Lipinski definition) is 2. The van der Waals surface area contributed by atoms with Gasteiger partial charge >= 0.3 is 0 Å². The second-order valence-corrected chi connectivity index (χ2v) is 3.98. The summed E-state index contributed by atoms with van der Waals surface area (Å²) in [6.45, 7) is 0. The van der Waals surface area contributed by atoms with E-state index in [1.165, 1.54) is 16.7 Å². The molecule has 0 saturated carbocycles. The zero-order valence-electron chi connectivity index (χ0n) is 10.8. The van der Waals surface area contributed by atoms with Crippen LogP contribution < -0.4 is 10.6 Å². The first kappa shape index (κ1) is 12.2. The summed E-state index contributed by atoms with van der Waals surface area (Å²) in [5, 5.41) is 6.43. The molecular weight excluding hydrogens is 220 g/mol. The lowest BCUT2D eigenvalue weighted by molar-refractivity contribution is 0.842. The maximum Gasteiger partial charge on any atom is 0.107 e. The molecule has 2 heteroatoms. The molecule has 0 saturated heterocycles. The van der Waals surface area contributed by atoms with Crippen molar-refractivity contribution in [3.63, 3.8) is 0 Å². The molecule has 2 aromatic carbocycles. The van der Waals surface area contributed by atoms with Gasteiger partial charge in [0.1, 0.15) is 5.82 Å². The minimum absolute atomic E-state index is 1.02. The topological polar surface area (TPSA) is 24.1 Å². The second kappa shape index (κ2) is 5.92. The van der Waals surface area contributed by atoms with Crippen molar-refractivity contribution >= 4 is 5.57 Å². The Morgan fingerprint density at radius 3 is 1.39 bits per heavy atom. The molecule has 0 heterocycles. The average molecular weight is 238 g/mol. The van der Waals surface area contributed by atoms with Gasteiger partial charge in [-0.05, 0) is 11.1 Å². The van der Waals surface area contributed by atoms with Crippen LogP contribution >= 0.6 is 0 Å². The Morgan fingerprint density at radius 2 is 1.06 bits per heavy atom. The Kier molecular flexibility index (Phi) is 4.02. The van der Waals surface area contributed by atoms with Crippen molar-refractivity contribution in [2.75, 3.05) is 14.1 Å². The van der Waals surface area contributed by atoms with Crippen LogP contribution in [0.15, 0.2) is 66.5 Å². The fourth-order valence-corrected chi connectivity index (χ4v) is 2.04. The first-order valence-electron chi connectivity index (χ1n) is 6.07.